The van der Waals surface area contributed by atoms with Crippen LogP contribution in [0.1, 0.15) is 63.9 Å². The Morgan fingerprint density at radius 1 is 0.667 bits per heavy atom. The van der Waals surface area contributed by atoms with Crippen LogP contribution < -0.4 is 21.3 Å². The van der Waals surface area contributed by atoms with Crippen LogP contribution in [0.5, 0.6) is 0 Å². The van der Waals surface area contributed by atoms with E-state index >= 15 is 0 Å². The number of hydrogen-bond acceptors (Lipinski definition) is 6. The Morgan fingerprint density at radius 3 is 1.98 bits per heavy atom. The van der Waals surface area contributed by atoms with E-state index in [2.05, 4.69) is 99.9 Å². The number of para-hydroxylation sites is 1. The summed E-state index contributed by atoms with van der Waals surface area (Å²) in [6, 6.07) is 30.2. The molecule has 4 aromatic carbocycles. The number of benzene rings is 4. The van der Waals surface area contributed by atoms with Gasteiger partial charge in [-0.3, -0.25) is 0 Å². The highest BCUT2D eigenvalue weighted by atomic mass is 35.5. The van der Waals surface area contributed by atoms with Gasteiger partial charge < -0.3 is 21.3 Å². The Morgan fingerprint density at radius 2 is 1.26 bits per heavy atom. The van der Waals surface area contributed by atoms with E-state index in [0.29, 0.717) is 12.1 Å². The van der Waals surface area contributed by atoms with Crippen molar-refractivity contribution in [3.63, 3.8) is 0 Å². The standard InChI is InChI=1S/C18H19N3.C17H16ClN3/c1-12-5-4-7-14-11-19-18(21-17(12)14)20-16-10-9-13-6-2-3-8-15(13)16;18-14-6-3-7-15-13(14)10-19-17(20-15)21-16-9-8-11-4-1-2-5-12(11)16/h2-8,16H,9-11H2,1H3,(H2,19,20,21);1-7,16H,8-10H2,(H2,19,20,21). The largest absolute Gasteiger partial charge is 0.352 e. The number of nitrogens with zero attached hydrogens (tertiary/aromatic N) is 2. The summed E-state index contributed by atoms with van der Waals surface area (Å²) in [6.07, 6.45) is 4.53. The van der Waals surface area contributed by atoms with Crippen LogP contribution in [0.15, 0.2) is 94.9 Å². The molecule has 2 aliphatic heterocycles. The molecule has 4 aliphatic rings. The Bertz CT molecular complexity index is 1690. The van der Waals surface area contributed by atoms with Gasteiger partial charge in [0.05, 0.1) is 23.5 Å². The zero-order chi connectivity index (χ0) is 28.5. The van der Waals surface area contributed by atoms with Crippen molar-refractivity contribution in [3.8, 4) is 0 Å². The molecule has 2 heterocycles. The highest BCUT2D eigenvalue weighted by molar-refractivity contribution is 6.31. The second kappa shape index (κ2) is 11.5. The summed E-state index contributed by atoms with van der Waals surface area (Å²) in [5.74, 6) is 1.74. The lowest BCUT2D eigenvalue weighted by molar-refractivity contribution is 0.620. The molecule has 2 atom stereocenters. The van der Waals surface area contributed by atoms with E-state index in [-0.39, 0.29) is 0 Å². The highest BCUT2D eigenvalue weighted by Crippen LogP contribution is 2.33. The first-order valence-electron chi connectivity index (χ1n) is 14.8. The molecule has 0 aromatic heterocycles. The van der Waals surface area contributed by atoms with E-state index in [1.54, 1.807) is 0 Å². The number of guanidine groups is 2. The average molecular weight is 575 g/mol. The number of rotatable bonds is 2. The molecule has 0 spiro atoms. The van der Waals surface area contributed by atoms with Gasteiger partial charge in [0.1, 0.15) is 0 Å². The van der Waals surface area contributed by atoms with Crippen molar-refractivity contribution in [2.75, 3.05) is 0 Å². The SMILES string of the molecule is Cc1cccc2c1N=C(NC1CCc3ccccc31)NC2.Clc1cccc2c1CNC(NC1CCc3ccccc31)=N2. The molecule has 0 fully saturated rings. The average Bonchev–Trinajstić information content (AvgIpc) is 3.62. The van der Waals surface area contributed by atoms with E-state index in [1.807, 2.05) is 18.2 Å². The van der Waals surface area contributed by atoms with Gasteiger partial charge in [0, 0.05) is 23.7 Å². The fourth-order valence-corrected chi connectivity index (χ4v) is 6.66. The number of aliphatic imine (C=N–C) groups is 2. The smallest absolute Gasteiger partial charge is 0.197 e. The fourth-order valence-electron chi connectivity index (χ4n) is 6.42. The monoisotopic (exact) mass is 574 g/mol. The summed E-state index contributed by atoms with van der Waals surface area (Å²) < 4.78 is 0. The lowest BCUT2D eigenvalue weighted by Gasteiger charge is -2.23. The van der Waals surface area contributed by atoms with Crippen LogP contribution in [0.25, 0.3) is 0 Å². The van der Waals surface area contributed by atoms with E-state index in [1.165, 1.54) is 33.4 Å². The second-order valence-corrected chi connectivity index (χ2v) is 11.7. The first kappa shape index (κ1) is 26.6. The van der Waals surface area contributed by atoms with Crippen LogP contribution in [-0.4, -0.2) is 11.9 Å². The van der Waals surface area contributed by atoms with E-state index in [4.69, 9.17) is 16.6 Å². The predicted molar refractivity (Wildman–Crippen MR) is 172 cm³/mol. The van der Waals surface area contributed by atoms with Crippen molar-refractivity contribution in [2.45, 2.75) is 57.8 Å². The fraction of sp³-hybridized carbons (Fsp3) is 0.257. The molecule has 2 aliphatic carbocycles. The van der Waals surface area contributed by atoms with Crippen molar-refractivity contribution in [3.05, 3.63) is 129 Å². The van der Waals surface area contributed by atoms with Gasteiger partial charge in [-0.05, 0) is 78.1 Å². The van der Waals surface area contributed by atoms with Gasteiger partial charge in [-0.1, -0.05) is 84.4 Å². The first-order valence-corrected chi connectivity index (χ1v) is 15.2. The molecule has 4 N–H and O–H groups in total. The topological polar surface area (TPSA) is 72.8 Å². The van der Waals surface area contributed by atoms with Gasteiger partial charge in [-0.2, -0.15) is 0 Å². The van der Waals surface area contributed by atoms with Gasteiger partial charge in [0.25, 0.3) is 0 Å². The van der Waals surface area contributed by atoms with E-state index < -0.39 is 0 Å². The maximum atomic E-state index is 6.20. The number of halogens is 1. The molecule has 0 radical (unpaired) electrons. The number of fused-ring (bicyclic) bond motifs is 4. The quantitative estimate of drug-likeness (QED) is 0.207. The van der Waals surface area contributed by atoms with Crippen molar-refractivity contribution in [1.82, 2.24) is 21.3 Å². The molecular weight excluding hydrogens is 540 g/mol. The third kappa shape index (κ3) is 5.35. The maximum absolute atomic E-state index is 6.20. The third-order valence-corrected chi connectivity index (χ3v) is 8.99. The third-order valence-electron chi connectivity index (χ3n) is 8.64. The lowest BCUT2D eigenvalue weighted by Crippen LogP contribution is -2.40. The van der Waals surface area contributed by atoms with Gasteiger partial charge in [-0.15, -0.1) is 0 Å². The van der Waals surface area contributed by atoms with Gasteiger partial charge in [-0.25, -0.2) is 9.98 Å². The molecular formula is C35H35ClN6. The first-order chi connectivity index (χ1) is 20.6. The number of hydrogen-bond donors (Lipinski definition) is 4. The Balaban J connectivity index is 0.000000137. The van der Waals surface area contributed by atoms with Crippen molar-refractivity contribution >= 4 is 34.9 Å². The molecule has 0 saturated carbocycles. The molecule has 212 valence electrons. The summed E-state index contributed by atoms with van der Waals surface area (Å²) in [5.41, 5.74) is 11.3. The molecule has 7 heteroatoms. The van der Waals surface area contributed by atoms with Gasteiger partial charge in [0.15, 0.2) is 11.9 Å². The van der Waals surface area contributed by atoms with Crippen molar-refractivity contribution < 1.29 is 0 Å². The lowest BCUT2D eigenvalue weighted by atomic mass is 10.1. The van der Waals surface area contributed by atoms with Crippen molar-refractivity contribution in [1.29, 1.82) is 0 Å². The molecule has 4 aromatic rings. The molecule has 8 rings (SSSR count). The highest BCUT2D eigenvalue weighted by Gasteiger charge is 2.25. The molecule has 42 heavy (non-hydrogen) atoms. The zero-order valence-electron chi connectivity index (χ0n) is 23.8. The summed E-state index contributed by atoms with van der Waals surface area (Å²) in [5, 5.41) is 14.6. The van der Waals surface area contributed by atoms with Crippen LogP contribution in [0.4, 0.5) is 11.4 Å². The normalized spacial score (nSPS) is 19.3. The zero-order valence-corrected chi connectivity index (χ0v) is 24.5. The summed E-state index contributed by atoms with van der Waals surface area (Å²) >= 11 is 6.20. The number of nitrogens with one attached hydrogen (secondary N) is 4. The van der Waals surface area contributed by atoms with Gasteiger partial charge >= 0.3 is 0 Å². The van der Waals surface area contributed by atoms with Crippen LogP contribution in [0, 0.1) is 6.92 Å². The molecule has 0 saturated heterocycles. The van der Waals surface area contributed by atoms with E-state index in [0.717, 1.165) is 72.7 Å². The van der Waals surface area contributed by atoms with Crippen LogP contribution in [0.2, 0.25) is 5.02 Å². The maximum Gasteiger partial charge on any atom is 0.197 e. The molecule has 2 unspecified atom stereocenters. The van der Waals surface area contributed by atoms with Crippen LogP contribution in [0.3, 0.4) is 0 Å². The summed E-state index contributed by atoms with van der Waals surface area (Å²) in [4.78, 5) is 9.43. The van der Waals surface area contributed by atoms with Gasteiger partial charge in [0.2, 0.25) is 0 Å². The van der Waals surface area contributed by atoms with Crippen LogP contribution in [-0.2, 0) is 25.9 Å². The molecule has 6 nitrogen and oxygen atoms in total. The molecule has 0 bridgehead atoms. The Labute approximate surface area is 252 Å². The minimum absolute atomic E-state index is 0.341. The number of aryl methyl sites for hydroxylation is 3. The molecule has 0 amide bonds. The minimum Gasteiger partial charge on any atom is -0.352 e. The van der Waals surface area contributed by atoms with E-state index in [9.17, 15) is 0 Å². The Kier molecular flexibility index (Phi) is 7.30. The minimum atomic E-state index is 0.341. The summed E-state index contributed by atoms with van der Waals surface area (Å²) in [6.45, 7) is 3.68. The second-order valence-electron chi connectivity index (χ2n) is 11.3. The predicted octanol–water partition coefficient (Wildman–Crippen LogP) is 7.07. The Hall–Kier alpha value is -4.29. The summed E-state index contributed by atoms with van der Waals surface area (Å²) in [7, 11) is 0. The van der Waals surface area contributed by atoms with Crippen LogP contribution >= 0.6 is 11.6 Å². The van der Waals surface area contributed by atoms with Crippen molar-refractivity contribution in [2.24, 2.45) is 9.98 Å².